The van der Waals surface area contributed by atoms with Crippen LogP contribution in [-0.2, 0) is 0 Å². The zero-order valence-electron chi connectivity index (χ0n) is 20.0. The minimum atomic E-state index is -0.225. The Bertz CT molecular complexity index is 1580. The first kappa shape index (κ1) is 22.4. The predicted octanol–water partition coefficient (Wildman–Crippen LogP) is 8.29. The van der Waals surface area contributed by atoms with Gasteiger partial charge in [-0.15, -0.1) is 0 Å². The number of ketones is 2. The Morgan fingerprint density at radius 3 is 1.57 bits per heavy atom. The van der Waals surface area contributed by atoms with Gasteiger partial charge in [-0.2, -0.15) is 0 Å². The molecule has 0 aliphatic heterocycles. The van der Waals surface area contributed by atoms with E-state index in [-0.39, 0.29) is 17.1 Å². The van der Waals surface area contributed by atoms with Crippen molar-refractivity contribution in [1.29, 1.82) is 0 Å². The molecule has 0 heterocycles. The molecule has 1 aliphatic carbocycles. The van der Waals surface area contributed by atoms with Crippen molar-refractivity contribution in [2.45, 2.75) is 0 Å². The average molecular weight is 478 g/mol. The molecular formula is C34H23NO2. The third-order valence-electron chi connectivity index (χ3n) is 6.60. The van der Waals surface area contributed by atoms with E-state index >= 15 is 0 Å². The number of anilines is 3. The molecule has 6 rings (SSSR count). The van der Waals surface area contributed by atoms with Gasteiger partial charge in [0.15, 0.2) is 11.6 Å². The Labute approximate surface area is 216 Å². The lowest BCUT2D eigenvalue weighted by molar-refractivity contribution is 0.0990. The second-order valence-electron chi connectivity index (χ2n) is 8.94. The molecule has 0 fully saturated rings. The summed E-state index contributed by atoms with van der Waals surface area (Å²) in [4.78, 5) is 28.5. The van der Waals surface area contributed by atoms with Gasteiger partial charge in [0.05, 0.1) is 5.57 Å². The Hall–Kier alpha value is -5.02. The van der Waals surface area contributed by atoms with Gasteiger partial charge < -0.3 is 4.90 Å². The van der Waals surface area contributed by atoms with Crippen LogP contribution in [0.5, 0.6) is 0 Å². The monoisotopic (exact) mass is 477 g/mol. The van der Waals surface area contributed by atoms with Crippen LogP contribution < -0.4 is 4.90 Å². The average Bonchev–Trinajstić information content (AvgIpc) is 3.20. The maximum atomic E-state index is 13.2. The number of carbonyl (C=O) groups excluding carboxylic acids is 2. The summed E-state index contributed by atoms with van der Waals surface area (Å²) in [5, 5.41) is 0. The fourth-order valence-corrected chi connectivity index (χ4v) is 4.75. The SMILES string of the molecule is O=C1/C(=C/c2ccc(N(c3ccccc3)c3ccccc3)cc2)C(=O)c2cc(-c3ccccc3)ccc21. The van der Waals surface area contributed by atoms with E-state index in [0.29, 0.717) is 11.1 Å². The molecule has 0 atom stereocenters. The van der Waals surface area contributed by atoms with Crippen LogP contribution in [0.4, 0.5) is 17.1 Å². The zero-order valence-corrected chi connectivity index (χ0v) is 20.0. The number of fused-ring (bicyclic) bond motifs is 1. The molecule has 0 bridgehead atoms. The zero-order chi connectivity index (χ0) is 25.2. The highest BCUT2D eigenvalue weighted by Crippen LogP contribution is 2.35. The van der Waals surface area contributed by atoms with Gasteiger partial charge in [-0.1, -0.05) is 84.9 Å². The van der Waals surface area contributed by atoms with Crippen molar-refractivity contribution >= 4 is 34.7 Å². The quantitative estimate of drug-likeness (QED) is 0.189. The summed E-state index contributed by atoms with van der Waals surface area (Å²) < 4.78 is 0. The molecule has 5 aromatic carbocycles. The van der Waals surface area contributed by atoms with Crippen molar-refractivity contribution in [3.05, 3.63) is 156 Å². The van der Waals surface area contributed by atoms with E-state index in [9.17, 15) is 9.59 Å². The molecule has 0 unspecified atom stereocenters. The summed E-state index contributed by atoms with van der Waals surface area (Å²) in [6.45, 7) is 0. The molecule has 0 N–H and O–H groups in total. The normalized spacial score (nSPS) is 13.6. The van der Waals surface area contributed by atoms with Gasteiger partial charge in [0.25, 0.3) is 0 Å². The number of hydrogen-bond acceptors (Lipinski definition) is 3. The molecule has 3 heteroatoms. The lowest BCUT2D eigenvalue weighted by atomic mass is 10.0. The summed E-state index contributed by atoms with van der Waals surface area (Å²) in [6, 6.07) is 43.6. The summed E-state index contributed by atoms with van der Waals surface area (Å²) in [6.07, 6.45) is 1.70. The minimum absolute atomic E-state index is 0.205. The Balaban J connectivity index is 1.32. The summed E-state index contributed by atoms with van der Waals surface area (Å²) >= 11 is 0. The van der Waals surface area contributed by atoms with Crippen molar-refractivity contribution in [3.8, 4) is 11.1 Å². The summed E-state index contributed by atoms with van der Waals surface area (Å²) in [7, 11) is 0. The molecule has 0 amide bonds. The molecule has 1 aliphatic rings. The standard InChI is InChI=1S/C34H23NO2/c36-33-30-21-18-26(25-10-4-1-5-11-25)23-31(30)34(37)32(33)22-24-16-19-29(20-17-24)35(27-12-6-2-7-13-27)28-14-8-3-9-15-28/h1-23H/b32-22-. The minimum Gasteiger partial charge on any atom is -0.311 e. The molecule has 0 saturated heterocycles. The number of nitrogens with zero attached hydrogens (tertiary/aromatic N) is 1. The van der Waals surface area contributed by atoms with E-state index in [2.05, 4.69) is 29.2 Å². The molecule has 176 valence electrons. The van der Waals surface area contributed by atoms with E-state index in [1.807, 2.05) is 103 Å². The van der Waals surface area contributed by atoms with E-state index in [1.165, 1.54) is 0 Å². The molecular weight excluding hydrogens is 454 g/mol. The third-order valence-corrected chi connectivity index (χ3v) is 6.60. The maximum absolute atomic E-state index is 13.2. The number of rotatable bonds is 5. The van der Waals surface area contributed by atoms with Gasteiger partial charge >= 0.3 is 0 Å². The van der Waals surface area contributed by atoms with Crippen molar-refractivity contribution in [1.82, 2.24) is 0 Å². The fourth-order valence-electron chi connectivity index (χ4n) is 4.75. The van der Waals surface area contributed by atoms with Crippen LogP contribution in [0.1, 0.15) is 26.3 Å². The smallest absolute Gasteiger partial charge is 0.197 e. The van der Waals surface area contributed by atoms with Gasteiger partial charge in [0.2, 0.25) is 0 Å². The molecule has 0 aromatic heterocycles. The third kappa shape index (κ3) is 4.28. The van der Waals surface area contributed by atoms with Crippen molar-refractivity contribution in [3.63, 3.8) is 0 Å². The van der Waals surface area contributed by atoms with Crippen LogP contribution in [0.3, 0.4) is 0 Å². The predicted molar refractivity (Wildman–Crippen MR) is 150 cm³/mol. The Morgan fingerprint density at radius 1 is 0.459 bits per heavy atom. The Kier molecular flexibility index (Phi) is 5.80. The summed E-state index contributed by atoms with van der Waals surface area (Å²) in [5.41, 5.74) is 6.96. The van der Waals surface area contributed by atoms with Crippen LogP contribution in [0.15, 0.2) is 139 Å². The van der Waals surface area contributed by atoms with Gasteiger partial charge in [-0.25, -0.2) is 0 Å². The van der Waals surface area contributed by atoms with Crippen LogP contribution in [0.25, 0.3) is 17.2 Å². The first-order valence-electron chi connectivity index (χ1n) is 12.2. The highest BCUT2D eigenvalue weighted by Gasteiger charge is 2.33. The van der Waals surface area contributed by atoms with E-state index < -0.39 is 0 Å². The maximum Gasteiger partial charge on any atom is 0.197 e. The van der Waals surface area contributed by atoms with E-state index in [4.69, 9.17) is 0 Å². The molecule has 0 spiro atoms. The second-order valence-corrected chi connectivity index (χ2v) is 8.94. The van der Waals surface area contributed by atoms with Gasteiger partial charge in [0.1, 0.15) is 0 Å². The van der Waals surface area contributed by atoms with Crippen LogP contribution in [0.2, 0.25) is 0 Å². The number of hydrogen-bond donors (Lipinski definition) is 0. The van der Waals surface area contributed by atoms with Crippen molar-refractivity contribution < 1.29 is 9.59 Å². The number of carbonyl (C=O) groups is 2. The summed E-state index contributed by atoms with van der Waals surface area (Å²) in [5.74, 6) is -0.448. The molecule has 5 aromatic rings. The lowest BCUT2D eigenvalue weighted by Crippen LogP contribution is -2.09. The molecule has 3 nitrogen and oxygen atoms in total. The highest BCUT2D eigenvalue weighted by atomic mass is 16.2. The van der Waals surface area contributed by atoms with E-state index in [1.54, 1.807) is 12.1 Å². The Morgan fingerprint density at radius 2 is 0.973 bits per heavy atom. The van der Waals surface area contributed by atoms with Crippen LogP contribution in [0, 0.1) is 0 Å². The van der Waals surface area contributed by atoms with E-state index in [0.717, 1.165) is 33.8 Å². The number of para-hydroxylation sites is 2. The molecule has 37 heavy (non-hydrogen) atoms. The molecule has 0 saturated carbocycles. The first-order chi connectivity index (χ1) is 18.2. The first-order valence-corrected chi connectivity index (χ1v) is 12.2. The van der Waals surface area contributed by atoms with Gasteiger partial charge in [-0.05, 0) is 71.3 Å². The highest BCUT2D eigenvalue weighted by molar-refractivity contribution is 6.41. The van der Waals surface area contributed by atoms with Gasteiger partial charge in [0, 0.05) is 28.2 Å². The number of Topliss-reactive ketones (excluding diaryl/α,β-unsaturated/α-hetero) is 2. The lowest BCUT2D eigenvalue weighted by Gasteiger charge is -2.25. The second kappa shape index (κ2) is 9.56. The number of allylic oxidation sites excluding steroid dienone is 1. The van der Waals surface area contributed by atoms with Gasteiger partial charge in [-0.3, -0.25) is 9.59 Å². The van der Waals surface area contributed by atoms with Crippen LogP contribution >= 0.6 is 0 Å². The van der Waals surface area contributed by atoms with Crippen LogP contribution in [-0.4, -0.2) is 11.6 Å². The fraction of sp³-hybridized carbons (Fsp3) is 0. The van der Waals surface area contributed by atoms with Crippen molar-refractivity contribution in [2.24, 2.45) is 0 Å². The largest absolute Gasteiger partial charge is 0.311 e. The number of benzene rings is 5. The molecule has 0 radical (unpaired) electrons. The topological polar surface area (TPSA) is 37.4 Å². The van der Waals surface area contributed by atoms with Crippen molar-refractivity contribution in [2.75, 3.05) is 4.90 Å².